The summed E-state index contributed by atoms with van der Waals surface area (Å²) in [6.45, 7) is 2.61. The number of hydrogen-bond donors (Lipinski definition) is 2. The van der Waals surface area contributed by atoms with Crippen LogP contribution in [0, 0.1) is 0 Å². The van der Waals surface area contributed by atoms with Gasteiger partial charge in [-0.25, -0.2) is 0 Å². The van der Waals surface area contributed by atoms with Gasteiger partial charge in [-0.15, -0.1) is 0 Å². The first-order valence-corrected chi connectivity index (χ1v) is 10.8. The van der Waals surface area contributed by atoms with Gasteiger partial charge in [-0.1, -0.05) is 81.2 Å². The quantitative estimate of drug-likeness (QED) is 0.227. The van der Waals surface area contributed by atoms with Gasteiger partial charge in [0.25, 0.3) is 0 Å². The Bertz CT molecular complexity index is 436. The third-order valence-electron chi connectivity index (χ3n) is 4.17. The van der Waals surface area contributed by atoms with Crippen LogP contribution in [0.15, 0.2) is 48.6 Å². The zero-order valence-corrected chi connectivity index (χ0v) is 17.4. The van der Waals surface area contributed by atoms with Crippen LogP contribution in [-0.4, -0.2) is 24.2 Å². The molecule has 0 aromatic carbocycles. The number of hydrogen-bond acceptors (Lipinski definition) is 2. The number of carbonyl (C=O) groups excluding carboxylic acids is 1. The number of carbonyl (C=O) groups is 1. The van der Waals surface area contributed by atoms with Crippen LogP contribution in [0.2, 0.25) is 0 Å². The van der Waals surface area contributed by atoms with E-state index in [-0.39, 0.29) is 12.5 Å². The standard InChI is InChI=1S/C24H41NO2/c1-2-3-4-5-6-7-8-9-10-11-12-13-14-15-16-17-18-19-20-21-24(27)25-22-23-26/h8-9,11-12,14-15,17-18,26H,2-7,10,13,16,19-23H2,1H3,(H,25,27)/b9-8-,12-11-,15-14-,18-17-. The molecule has 1 amide bonds. The smallest absolute Gasteiger partial charge is 0.220 e. The minimum atomic E-state index is 0.00304. The summed E-state index contributed by atoms with van der Waals surface area (Å²) in [6.07, 6.45) is 31.0. The van der Waals surface area contributed by atoms with Crippen LogP contribution in [0.1, 0.15) is 84.0 Å². The Morgan fingerprint density at radius 2 is 1.26 bits per heavy atom. The van der Waals surface area contributed by atoms with Gasteiger partial charge in [-0.05, 0) is 44.9 Å². The van der Waals surface area contributed by atoms with Crippen molar-refractivity contribution in [1.82, 2.24) is 5.32 Å². The second kappa shape index (κ2) is 22.4. The zero-order valence-electron chi connectivity index (χ0n) is 17.4. The number of unbranched alkanes of at least 4 members (excludes halogenated alkanes) is 6. The molecule has 0 rings (SSSR count). The molecular formula is C24H41NO2. The van der Waals surface area contributed by atoms with Gasteiger partial charge < -0.3 is 10.4 Å². The Labute approximate surface area is 167 Å². The Hall–Kier alpha value is -1.61. The molecule has 0 aromatic heterocycles. The molecule has 0 aromatic rings. The Morgan fingerprint density at radius 3 is 1.81 bits per heavy atom. The number of aliphatic hydroxyl groups is 1. The van der Waals surface area contributed by atoms with Crippen molar-refractivity contribution in [3.8, 4) is 0 Å². The predicted molar refractivity (Wildman–Crippen MR) is 118 cm³/mol. The normalized spacial score (nSPS) is 12.2. The van der Waals surface area contributed by atoms with Gasteiger partial charge in [0, 0.05) is 13.0 Å². The first kappa shape index (κ1) is 25.4. The minimum absolute atomic E-state index is 0.00304. The average Bonchev–Trinajstić information content (AvgIpc) is 2.68. The van der Waals surface area contributed by atoms with Gasteiger partial charge in [-0.3, -0.25) is 4.79 Å². The second-order valence-electron chi connectivity index (χ2n) is 6.76. The lowest BCUT2D eigenvalue weighted by Gasteiger charge is -2.00. The highest BCUT2D eigenvalue weighted by Gasteiger charge is 1.97. The van der Waals surface area contributed by atoms with Gasteiger partial charge in [0.1, 0.15) is 0 Å². The molecule has 3 heteroatoms. The molecule has 0 radical (unpaired) electrons. The summed E-state index contributed by atoms with van der Waals surface area (Å²) in [5, 5.41) is 11.3. The summed E-state index contributed by atoms with van der Waals surface area (Å²) in [4.78, 5) is 11.3. The minimum Gasteiger partial charge on any atom is -0.395 e. The van der Waals surface area contributed by atoms with Crippen molar-refractivity contribution < 1.29 is 9.90 Å². The molecule has 27 heavy (non-hydrogen) atoms. The Morgan fingerprint density at radius 1 is 0.741 bits per heavy atom. The molecule has 0 bridgehead atoms. The van der Waals surface area contributed by atoms with Crippen molar-refractivity contribution in [1.29, 1.82) is 0 Å². The Balaban J connectivity index is 3.43. The third kappa shape index (κ3) is 22.3. The van der Waals surface area contributed by atoms with Gasteiger partial charge in [-0.2, -0.15) is 0 Å². The van der Waals surface area contributed by atoms with E-state index >= 15 is 0 Å². The lowest BCUT2D eigenvalue weighted by molar-refractivity contribution is -0.121. The maximum atomic E-state index is 11.3. The van der Waals surface area contributed by atoms with Gasteiger partial charge >= 0.3 is 0 Å². The highest BCUT2D eigenvalue weighted by Crippen LogP contribution is 2.05. The van der Waals surface area contributed by atoms with Crippen LogP contribution in [-0.2, 0) is 4.79 Å². The maximum absolute atomic E-state index is 11.3. The fraction of sp³-hybridized carbons (Fsp3) is 0.625. The SMILES string of the molecule is CCCCCCC/C=C\C/C=C\C/C=C\C/C=C\CCCC(=O)NCCO. The van der Waals surface area contributed by atoms with Gasteiger partial charge in [0.15, 0.2) is 0 Å². The van der Waals surface area contributed by atoms with Crippen LogP contribution in [0.4, 0.5) is 0 Å². The van der Waals surface area contributed by atoms with Crippen LogP contribution in [0.3, 0.4) is 0 Å². The van der Waals surface area contributed by atoms with Gasteiger partial charge in [0.05, 0.1) is 6.61 Å². The van der Waals surface area contributed by atoms with Crippen molar-refractivity contribution >= 4 is 5.91 Å². The molecule has 0 atom stereocenters. The summed E-state index contributed by atoms with van der Waals surface area (Å²) >= 11 is 0. The summed E-state index contributed by atoms with van der Waals surface area (Å²) in [6, 6.07) is 0. The molecular weight excluding hydrogens is 334 g/mol. The predicted octanol–water partition coefficient (Wildman–Crippen LogP) is 6.02. The van der Waals surface area contributed by atoms with Crippen LogP contribution >= 0.6 is 0 Å². The molecule has 0 aliphatic heterocycles. The molecule has 0 spiro atoms. The van der Waals surface area contributed by atoms with Crippen molar-refractivity contribution in [2.75, 3.05) is 13.2 Å². The molecule has 2 N–H and O–H groups in total. The molecule has 0 aliphatic carbocycles. The average molecular weight is 376 g/mol. The lowest BCUT2D eigenvalue weighted by Crippen LogP contribution is -2.25. The molecule has 0 unspecified atom stereocenters. The molecule has 0 fully saturated rings. The third-order valence-corrected chi connectivity index (χ3v) is 4.17. The van der Waals surface area contributed by atoms with E-state index < -0.39 is 0 Å². The van der Waals surface area contributed by atoms with Crippen molar-refractivity contribution in [3.63, 3.8) is 0 Å². The van der Waals surface area contributed by atoms with E-state index in [4.69, 9.17) is 5.11 Å². The lowest BCUT2D eigenvalue weighted by atomic mass is 10.1. The van der Waals surface area contributed by atoms with E-state index in [1.807, 2.05) is 0 Å². The molecule has 0 saturated carbocycles. The number of amides is 1. The van der Waals surface area contributed by atoms with E-state index in [1.54, 1.807) is 0 Å². The first-order chi connectivity index (χ1) is 13.3. The number of allylic oxidation sites excluding steroid dienone is 8. The number of nitrogens with one attached hydrogen (secondary N) is 1. The number of rotatable bonds is 18. The summed E-state index contributed by atoms with van der Waals surface area (Å²) in [5.74, 6) is 0.0194. The first-order valence-electron chi connectivity index (χ1n) is 10.8. The largest absolute Gasteiger partial charge is 0.395 e. The van der Waals surface area contributed by atoms with E-state index in [2.05, 4.69) is 60.8 Å². The van der Waals surface area contributed by atoms with Crippen LogP contribution in [0.25, 0.3) is 0 Å². The molecule has 154 valence electrons. The summed E-state index contributed by atoms with van der Waals surface area (Å²) in [5.41, 5.74) is 0. The summed E-state index contributed by atoms with van der Waals surface area (Å²) in [7, 11) is 0. The fourth-order valence-electron chi connectivity index (χ4n) is 2.58. The van der Waals surface area contributed by atoms with Crippen molar-refractivity contribution in [2.45, 2.75) is 84.0 Å². The fourth-order valence-corrected chi connectivity index (χ4v) is 2.58. The topological polar surface area (TPSA) is 49.3 Å². The maximum Gasteiger partial charge on any atom is 0.220 e. The molecule has 0 aliphatic rings. The van der Waals surface area contributed by atoms with E-state index in [0.29, 0.717) is 13.0 Å². The van der Waals surface area contributed by atoms with Crippen LogP contribution in [0.5, 0.6) is 0 Å². The highest BCUT2D eigenvalue weighted by atomic mass is 16.3. The molecule has 0 saturated heterocycles. The summed E-state index contributed by atoms with van der Waals surface area (Å²) < 4.78 is 0. The van der Waals surface area contributed by atoms with E-state index in [0.717, 1.165) is 32.1 Å². The monoisotopic (exact) mass is 375 g/mol. The van der Waals surface area contributed by atoms with Crippen molar-refractivity contribution in [2.24, 2.45) is 0 Å². The van der Waals surface area contributed by atoms with E-state index in [9.17, 15) is 4.79 Å². The molecule has 0 heterocycles. The zero-order chi connectivity index (χ0) is 19.8. The highest BCUT2D eigenvalue weighted by molar-refractivity contribution is 5.75. The second-order valence-corrected chi connectivity index (χ2v) is 6.76. The van der Waals surface area contributed by atoms with Crippen molar-refractivity contribution in [3.05, 3.63) is 48.6 Å². The number of aliphatic hydroxyl groups excluding tert-OH is 1. The Kier molecular flexibility index (Phi) is 21.1. The molecule has 3 nitrogen and oxygen atoms in total. The van der Waals surface area contributed by atoms with E-state index in [1.165, 1.54) is 38.5 Å². The van der Waals surface area contributed by atoms with Crippen LogP contribution < -0.4 is 5.32 Å². The van der Waals surface area contributed by atoms with Gasteiger partial charge in [0.2, 0.25) is 5.91 Å².